The SMILES string of the molecule is C=CCC[C@@H](C)C[C@H](NC(=O)[C@@H](C)C(N)=O)[C@H](O)CCl. The molecule has 0 unspecified atom stereocenters. The number of rotatable bonds is 10. The molecule has 20 heavy (non-hydrogen) atoms. The maximum Gasteiger partial charge on any atom is 0.232 e. The van der Waals surface area contributed by atoms with Gasteiger partial charge in [0.15, 0.2) is 0 Å². The smallest absolute Gasteiger partial charge is 0.232 e. The molecule has 0 saturated carbocycles. The van der Waals surface area contributed by atoms with Crippen LogP contribution < -0.4 is 11.1 Å². The van der Waals surface area contributed by atoms with Gasteiger partial charge in [-0.3, -0.25) is 9.59 Å². The summed E-state index contributed by atoms with van der Waals surface area (Å²) in [4.78, 5) is 22.8. The first-order valence-electron chi connectivity index (χ1n) is 6.78. The number of carbonyl (C=O) groups is 2. The van der Waals surface area contributed by atoms with Crippen LogP contribution in [0.25, 0.3) is 0 Å². The molecule has 0 heterocycles. The summed E-state index contributed by atoms with van der Waals surface area (Å²) in [6.07, 6.45) is 3.34. The van der Waals surface area contributed by atoms with Crippen LogP contribution in [0.15, 0.2) is 12.7 Å². The van der Waals surface area contributed by atoms with Gasteiger partial charge in [-0.2, -0.15) is 0 Å². The molecule has 4 atom stereocenters. The van der Waals surface area contributed by atoms with Gasteiger partial charge in [-0.1, -0.05) is 13.0 Å². The Morgan fingerprint density at radius 2 is 2.05 bits per heavy atom. The number of allylic oxidation sites excluding steroid dienone is 1. The van der Waals surface area contributed by atoms with Crippen molar-refractivity contribution in [2.75, 3.05) is 5.88 Å². The average molecular weight is 305 g/mol. The van der Waals surface area contributed by atoms with Crippen LogP contribution in [0.4, 0.5) is 0 Å². The van der Waals surface area contributed by atoms with Gasteiger partial charge in [-0.05, 0) is 32.1 Å². The third-order valence-corrected chi connectivity index (χ3v) is 3.61. The standard InChI is InChI=1S/C14H25ClN2O3/c1-4-5-6-9(2)7-11(12(18)8-15)17-14(20)10(3)13(16)19/h4,9-12,18H,1,5-8H2,2-3H3,(H2,16,19)(H,17,20)/t9-,10+,11+,12-/m1/s1. The highest BCUT2D eigenvalue weighted by molar-refractivity contribution is 6.18. The Morgan fingerprint density at radius 1 is 1.45 bits per heavy atom. The molecule has 0 aliphatic rings. The van der Waals surface area contributed by atoms with Gasteiger partial charge in [0.25, 0.3) is 0 Å². The number of aliphatic hydroxyl groups excluding tert-OH is 1. The number of nitrogens with two attached hydrogens (primary N) is 1. The molecule has 0 rings (SSSR count). The van der Waals surface area contributed by atoms with Gasteiger partial charge >= 0.3 is 0 Å². The first-order chi connectivity index (χ1) is 9.33. The summed E-state index contributed by atoms with van der Waals surface area (Å²) in [5.41, 5.74) is 5.09. The Bertz CT molecular complexity index is 336. The van der Waals surface area contributed by atoms with Gasteiger partial charge in [-0.25, -0.2) is 0 Å². The summed E-state index contributed by atoms with van der Waals surface area (Å²) in [5, 5.41) is 12.5. The summed E-state index contributed by atoms with van der Waals surface area (Å²) in [5.74, 6) is -1.79. The minimum atomic E-state index is -0.927. The van der Waals surface area contributed by atoms with Crippen molar-refractivity contribution in [1.29, 1.82) is 0 Å². The summed E-state index contributed by atoms with van der Waals surface area (Å²) >= 11 is 5.65. The fraction of sp³-hybridized carbons (Fsp3) is 0.714. The summed E-state index contributed by atoms with van der Waals surface area (Å²) in [6.45, 7) is 7.12. The zero-order valence-electron chi connectivity index (χ0n) is 12.1. The van der Waals surface area contributed by atoms with E-state index in [0.29, 0.717) is 12.3 Å². The van der Waals surface area contributed by atoms with E-state index in [0.717, 1.165) is 12.8 Å². The summed E-state index contributed by atoms with van der Waals surface area (Å²) < 4.78 is 0. The number of hydrogen-bond acceptors (Lipinski definition) is 3. The molecule has 0 radical (unpaired) electrons. The number of carbonyl (C=O) groups excluding carboxylic acids is 2. The van der Waals surface area contributed by atoms with E-state index in [9.17, 15) is 14.7 Å². The number of halogens is 1. The average Bonchev–Trinajstić information content (AvgIpc) is 2.42. The highest BCUT2D eigenvalue weighted by atomic mass is 35.5. The van der Waals surface area contributed by atoms with Crippen molar-refractivity contribution < 1.29 is 14.7 Å². The second-order valence-corrected chi connectivity index (χ2v) is 5.48. The maximum absolute atomic E-state index is 11.8. The Hall–Kier alpha value is -1.07. The molecule has 0 spiro atoms. The van der Waals surface area contributed by atoms with Crippen molar-refractivity contribution in [3.63, 3.8) is 0 Å². The number of primary amides is 1. The molecule has 0 aliphatic heterocycles. The Balaban J connectivity index is 4.60. The topological polar surface area (TPSA) is 92.4 Å². The van der Waals surface area contributed by atoms with E-state index in [1.54, 1.807) is 0 Å². The van der Waals surface area contributed by atoms with Gasteiger partial charge in [-0.15, -0.1) is 18.2 Å². The first-order valence-corrected chi connectivity index (χ1v) is 7.31. The van der Waals surface area contributed by atoms with Crippen LogP contribution in [-0.2, 0) is 9.59 Å². The molecule has 0 aromatic carbocycles. The molecule has 2 amide bonds. The normalized spacial score (nSPS) is 16.8. The minimum absolute atomic E-state index is 0.0179. The molecule has 0 bridgehead atoms. The number of hydrogen-bond donors (Lipinski definition) is 3. The molecule has 0 aliphatic carbocycles. The van der Waals surface area contributed by atoms with Gasteiger partial charge in [0.05, 0.1) is 18.0 Å². The lowest BCUT2D eigenvalue weighted by Gasteiger charge is -2.26. The van der Waals surface area contributed by atoms with Crippen LogP contribution in [0.1, 0.15) is 33.1 Å². The van der Waals surface area contributed by atoms with E-state index in [1.807, 2.05) is 13.0 Å². The lowest BCUT2D eigenvalue weighted by molar-refractivity contribution is -0.133. The molecule has 5 nitrogen and oxygen atoms in total. The zero-order valence-corrected chi connectivity index (χ0v) is 12.9. The Labute approximate surface area is 125 Å². The second kappa shape index (κ2) is 9.77. The van der Waals surface area contributed by atoms with E-state index in [4.69, 9.17) is 17.3 Å². The van der Waals surface area contributed by atoms with E-state index in [2.05, 4.69) is 11.9 Å². The van der Waals surface area contributed by atoms with E-state index >= 15 is 0 Å². The molecule has 6 heteroatoms. The number of nitrogens with one attached hydrogen (secondary N) is 1. The van der Waals surface area contributed by atoms with E-state index < -0.39 is 29.9 Å². The summed E-state index contributed by atoms with van der Waals surface area (Å²) in [7, 11) is 0. The van der Waals surface area contributed by atoms with E-state index in [-0.39, 0.29) is 5.88 Å². The second-order valence-electron chi connectivity index (χ2n) is 5.17. The van der Waals surface area contributed by atoms with Crippen LogP contribution in [0.3, 0.4) is 0 Å². The van der Waals surface area contributed by atoms with Crippen molar-refractivity contribution in [2.24, 2.45) is 17.6 Å². The van der Waals surface area contributed by atoms with Gasteiger partial charge in [0, 0.05) is 0 Å². The molecule has 4 N–H and O–H groups in total. The lowest BCUT2D eigenvalue weighted by Crippen LogP contribution is -2.48. The summed E-state index contributed by atoms with van der Waals surface area (Å²) in [6, 6.07) is -0.485. The highest BCUT2D eigenvalue weighted by Crippen LogP contribution is 2.16. The van der Waals surface area contributed by atoms with Crippen molar-refractivity contribution >= 4 is 23.4 Å². The fourth-order valence-electron chi connectivity index (χ4n) is 1.81. The third kappa shape index (κ3) is 6.91. The van der Waals surface area contributed by atoms with Crippen molar-refractivity contribution in [2.45, 2.75) is 45.3 Å². The third-order valence-electron chi connectivity index (χ3n) is 3.29. The highest BCUT2D eigenvalue weighted by Gasteiger charge is 2.26. The quantitative estimate of drug-likeness (QED) is 0.321. The van der Waals surface area contributed by atoms with Crippen LogP contribution >= 0.6 is 11.6 Å². The number of amides is 2. The van der Waals surface area contributed by atoms with Crippen LogP contribution in [0, 0.1) is 11.8 Å². The van der Waals surface area contributed by atoms with Crippen molar-refractivity contribution in [1.82, 2.24) is 5.32 Å². The van der Waals surface area contributed by atoms with Crippen LogP contribution in [-0.4, -0.2) is 34.9 Å². The molecular formula is C14H25ClN2O3. The fourth-order valence-corrected chi connectivity index (χ4v) is 2.03. The largest absolute Gasteiger partial charge is 0.390 e. The van der Waals surface area contributed by atoms with E-state index in [1.165, 1.54) is 6.92 Å². The maximum atomic E-state index is 11.8. The van der Waals surface area contributed by atoms with Crippen molar-refractivity contribution in [3.05, 3.63) is 12.7 Å². The molecule has 0 aromatic rings. The molecule has 0 aromatic heterocycles. The molecule has 0 saturated heterocycles. The van der Waals surface area contributed by atoms with Crippen LogP contribution in [0.5, 0.6) is 0 Å². The molecule has 0 fully saturated rings. The monoisotopic (exact) mass is 304 g/mol. The first kappa shape index (κ1) is 18.9. The molecule has 116 valence electrons. The predicted molar refractivity (Wildman–Crippen MR) is 80.2 cm³/mol. The predicted octanol–water partition coefficient (Wildman–Crippen LogP) is 1.18. The Morgan fingerprint density at radius 3 is 2.50 bits per heavy atom. The number of aliphatic hydroxyl groups is 1. The minimum Gasteiger partial charge on any atom is -0.390 e. The zero-order chi connectivity index (χ0) is 15.7. The Kier molecular flexibility index (Phi) is 9.25. The molecular weight excluding hydrogens is 280 g/mol. The van der Waals surface area contributed by atoms with Crippen molar-refractivity contribution in [3.8, 4) is 0 Å². The van der Waals surface area contributed by atoms with Gasteiger partial charge in [0.1, 0.15) is 5.92 Å². The lowest BCUT2D eigenvalue weighted by atomic mass is 9.94. The van der Waals surface area contributed by atoms with Gasteiger partial charge < -0.3 is 16.2 Å². The van der Waals surface area contributed by atoms with Crippen LogP contribution in [0.2, 0.25) is 0 Å². The number of alkyl halides is 1. The van der Waals surface area contributed by atoms with Gasteiger partial charge in [0.2, 0.25) is 11.8 Å².